The van der Waals surface area contributed by atoms with Gasteiger partial charge in [0.15, 0.2) is 0 Å². The van der Waals surface area contributed by atoms with Crippen LogP contribution in [0.1, 0.15) is 45.7 Å². The normalized spacial score (nSPS) is 10.6. The molecule has 25 heavy (non-hydrogen) atoms. The third kappa shape index (κ3) is 4.59. The Morgan fingerprint density at radius 3 is 2.48 bits per heavy atom. The molecule has 0 heterocycles. The number of ether oxygens (including phenoxy) is 1. The summed E-state index contributed by atoms with van der Waals surface area (Å²) in [6, 6.07) is 9.96. The molecule has 0 spiro atoms. The number of esters is 1. The summed E-state index contributed by atoms with van der Waals surface area (Å²) in [6.07, 6.45) is 0.827. The smallest absolute Gasteiger partial charge is 0.337 e. The topological polar surface area (TPSA) is 75.6 Å². The monoisotopic (exact) mass is 341 g/mol. The molecule has 0 aliphatic carbocycles. The highest BCUT2D eigenvalue weighted by atomic mass is 16.5. The van der Waals surface area contributed by atoms with Crippen LogP contribution >= 0.6 is 0 Å². The van der Waals surface area contributed by atoms with Gasteiger partial charge in [0.05, 0.1) is 18.2 Å². The molecule has 0 bridgehead atoms. The van der Waals surface area contributed by atoms with Gasteiger partial charge in [-0.05, 0) is 60.7 Å². The fourth-order valence-electron chi connectivity index (χ4n) is 2.60. The Bertz CT molecular complexity index is 796. The number of benzene rings is 2. The Balaban J connectivity index is 2.23. The van der Waals surface area contributed by atoms with Crippen LogP contribution in [0.3, 0.4) is 0 Å². The fourth-order valence-corrected chi connectivity index (χ4v) is 2.60. The molecule has 2 aromatic rings. The molecule has 0 saturated carbocycles. The van der Waals surface area contributed by atoms with Crippen molar-refractivity contribution in [1.82, 2.24) is 0 Å². The van der Waals surface area contributed by atoms with Gasteiger partial charge in [-0.25, -0.2) is 4.79 Å². The second-order valence-electron chi connectivity index (χ2n) is 6.42. The Labute approximate surface area is 147 Å². The van der Waals surface area contributed by atoms with E-state index in [0.29, 0.717) is 17.2 Å². The maximum Gasteiger partial charge on any atom is 0.337 e. The maximum absolute atomic E-state index is 12.5. The number of amides is 1. The summed E-state index contributed by atoms with van der Waals surface area (Å²) in [5.74, 6) is -0.431. The van der Waals surface area contributed by atoms with Gasteiger partial charge in [0.2, 0.25) is 0 Å². The molecule has 0 aromatic heterocycles. The van der Waals surface area contributed by atoms with Gasteiger partial charge in [0.1, 0.15) is 5.75 Å². The van der Waals surface area contributed by atoms with E-state index in [4.69, 9.17) is 0 Å². The Morgan fingerprint density at radius 1 is 1.16 bits per heavy atom. The summed E-state index contributed by atoms with van der Waals surface area (Å²) in [4.78, 5) is 24.1. The van der Waals surface area contributed by atoms with Gasteiger partial charge in [-0.2, -0.15) is 0 Å². The van der Waals surface area contributed by atoms with Crippen LogP contribution in [0.4, 0.5) is 5.69 Å². The van der Waals surface area contributed by atoms with E-state index >= 15 is 0 Å². The number of carbonyl (C=O) groups is 2. The van der Waals surface area contributed by atoms with Crippen molar-refractivity contribution >= 4 is 17.6 Å². The average Bonchev–Trinajstić information content (AvgIpc) is 2.57. The third-order valence-corrected chi connectivity index (χ3v) is 3.85. The minimum absolute atomic E-state index is 0.0613. The first-order valence-corrected chi connectivity index (χ1v) is 8.14. The molecule has 1 amide bonds. The molecule has 0 atom stereocenters. The number of aryl methyl sites for hydroxylation is 1. The first-order valence-electron chi connectivity index (χ1n) is 8.14. The van der Waals surface area contributed by atoms with Crippen molar-refractivity contribution in [2.24, 2.45) is 5.92 Å². The molecular weight excluding hydrogens is 318 g/mol. The molecule has 2 N–H and O–H groups in total. The van der Waals surface area contributed by atoms with Crippen molar-refractivity contribution in [1.29, 1.82) is 0 Å². The molecule has 0 fully saturated rings. The van der Waals surface area contributed by atoms with Crippen molar-refractivity contribution in [3.8, 4) is 5.75 Å². The molecule has 5 nitrogen and oxygen atoms in total. The largest absolute Gasteiger partial charge is 0.507 e. The molecule has 2 rings (SSSR count). The highest BCUT2D eigenvalue weighted by Gasteiger charge is 2.15. The summed E-state index contributed by atoms with van der Waals surface area (Å²) >= 11 is 0. The number of methoxy groups -OCH3 is 1. The molecule has 132 valence electrons. The van der Waals surface area contributed by atoms with E-state index in [9.17, 15) is 14.7 Å². The predicted octanol–water partition coefficient (Wildman–Crippen LogP) is 3.94. The lowest BCUT2D eigenvalue weighted by molar-refractivity contribution is 0.0600. The van der Waals surface area contributed by atoms with Crippen molar-refractivity contribution in [3.63, 3.8) is 0 Å². The number of nitrogens with one attached hydrogen (secondary N) is 1. The van der Waals surface area contributed by atoms with E-state index in [1.54, 1.807) is 37.3 Å². The van der Waals surface area contributed by atoms with Gasteiger partial charge in [0, 0.05) is 5.69 Å². The van der Waals surface area contributed by atoms with Crippen LogP contribution in [0.5, 0.6) is 5.75 Å². The summed E-state index contributed by atoms with van der Waals surface area (Å²) < 4.78 is 4.68. The lowest BCUT2D eigenvalue weighted by atomic mass is 10.00. The van der Waals surface area contributed by atoms with Crippen LogP contribution in [-0.2, 0) is 11.2 Å². The Morgan fingerprint density at radius 2 is 1.88 bits per heavy atom. The van der Waals surface area contributed by atoms with Crippen molar-refractivity contribution in [3.05, 3.63) is 58.7 Å². The van der Waals surface area contributed by atoms with Crippen molar-refractivity contribution in [2.45, 2.75) is 27.2 Å². The third-order valence-electron chi connectivity index (χ3n) is 3.85. The summed E-state index contributed by atoms with van der Waals surface area (Å²) in [7, 11) is 1.32. The van der Waals surface area contributed by atoms with Gasteiger partial charge >= 0.3 is 5.97 Å². The number of anilines is 1. The van der Waals surface area contributed by atoms with Crippen LogP contribution < -0.4 is 5.32 Å². The fraction of sp³-hybridized carbons (Fsp3) is 0.300. The number of rotatable bonds is 5. The second-order valence-corrected chi connectivity index (χ2v) is 6.42. The lowest BCUT2D eigenvalue weighted by Crippen LogP contribution is -2.14. The number of hydrogen-bond donors (Lipinski definition) is 2. The summed E-state index contributed by atoms with van der Waals surface area (Å²) in [5.41, 5.74) is 2.95. The first kappa shape index (κ1) is 18.5. The number of phenols is 1. The van der Waals surface area contributed by atoms with Gasteiger partial charge in [-0.15, -0.1) is 0 Å². The molecular formula is C20H23NO4. The van der Waals surface area contributed by atoms with Crippen molar-refractivity contribution < 1.29 is 19.4 Å². The molecule has 0 aliphatic rings. The van der Waals surface area contributed by atoms with Crippen LogP contribution in [-0.4, -0.2) is 24.1 Å². The van der Waals surface area contributed by atoms with Gasteiger partial charge in [-0.1, -0.05) is 19.9 Å². The first-order chi connectivity index (χ1) is 11.8. The Kier molecular flexibility index (Phi) is 5.80. The number of carbonyl (C=O) groups excluding carboxylic acids is 2. The molecule has 0 aliphatic heterocycles. The molecule has 0 radical (unpaired) electrons. The number of aromatic hydroxyl groups is 1. The standard InChI is InChI=1S/C20H23NO4/c1-12(2)9-14-5-8-18(22)16(11-14)19(23)21-17-7-6-15(10-13(17)3)20(24)25-4/h5-8,10-12,22H,9H2,1-4H3,(H,21,23). The van der Waals surface area contributed by atoms with Crippen LogP contribution in [0, 0.1) is 12.8 Å². The number of hydrogen-bond acceptors (Lipinski definition) is 4. The Hall–Kier alpha value is -2.82. The SMILES string of the molecule is COC(=O)c1ccc(NC(=O)c2cc(CC(C)C)ccc2O)c(C)c1. The van der Waals surface area contributed by atoms with E-state index in [0.717, 1.165) is 17.5 Å². The molecule has 2 aromatic carbocycles. The summed E-state index contributed by atoms with van der Waals surface area (Å²) in [5, 5.41) is 12.8. The van der Waals surface area contributed by atoms with Crippen LogP contribution in [0.25, 0.3) is 0 Å². The minimum atomic E-state index is -0.431. The zero-order valence-electron chi connectivity index (χ0n) is 14.9. The van der Waals surface area contributed by atoms with Crippen LogP contribution in [0.15, 0.2) is 36.4 Å². The van der Waals surface area contributed by atoms with Gasteiger partial charge < -0.3 is 15.2 Å². The molecule has 0 unspecified atom stereocenters. The average molecular weight is 341 g/mol. The van der Waals surface area contributed by atoms with Crippen molar-refractivity contribution in [2.75, 3.05) is 12.4 Å². The van der Waals surface area contributed by atoms with E-state index in [1.807, 2.05) is 6.07 Å². The van der Waals surface area contributed by atoms with E-state index < -0.39 is 11.9 Å². The van der Waals surface area contributed by atoms with E-state index in [-0.39, 0.29) is 11.3 Å². The predicted molar refractivity (Wildman–Crippen MR) is 97.1 cm³/mol. The maximum atomic E-state index is 12.5. The molecule has 0 saturated heterocycles. The lowest BCUT2D eigenvalue weighted by Gasteiger charge is -2.12. The van der Waals surface area contributed by atoms with E-state index in [2.05, 4.69) is 23.9 Å². The highest BCUT2D eigenvalue weighted by Crippen LogP contribution is 2.23. The van der Waals surface area contributed by atoms with Crippen LogP contribution in [0.2, 0.25) is 0 Å². The zero-order chi connectivity index (χ0) is 18.6. The zero-order valence-corrected chi connectivity index (χ0v) is 14.9. The van der Waals surface area contributed by atoms with Gasteiger partial charge in [0.25, 0.3) is 5.91 Å². The highest BCUT2D eigenvalue weighted by molar-refractivity contribution is 6.06. The van der Waals surface area contributed by atoms with E-state index in [1.165, 1.54) is 7.11 Å². The summed E-state index contributed by atoms with van der Waals surface area (Å²) in [6.45, 7) is 5.98. The second kappa shape index (κ2) is 7.83. The minimum Gasteiger partial charge on any atom is -0.507 e. The quantitative estimate of drug-likeness (QED) is 0.808. The van der Waals surface area contributed by atoms with Gasteiger partial charge in [-0.3, -0.25) is 4.79 Å². The molecule has 5 heteroatoms. The number of phenolic OH excluding ortho intramolecular Hbond substituents is 1.